The molecule has 1 atom stereocenters. The minimum absolute atomic E-state index is 0.0148. The summed E-state index contributed by atoms with van der Waals surface area (Å²) >= 11 is 6.08. The standard InChI is InChI=1S/C19H20ClNO3/c1-4-14-11-17(9-10-18(14)20)24-13(3)19(23)21-16-7-5-15(6-8-16)12(2)22/h5-11,13H,4H2,1-3H3,(H,21,23). The molecule has 1 N–H and O–H groups in total. The molecule has 0 aliphatic carbocycles. The first-order valence-electron chi connectivity index (χ1n) is 7.77. The summed E-state index contributed by atoms with van der Waals surface area (Å²) in [5.74, 6) is 0.323. The van der Waals surface area contributed by atoms with Crippen LogP contribution in [0.15, 0.2) is 42.5 Å². The number of halogens is 1. The number of aryl methyl sites for hydroxylation is 1. The Bertz CT molecular complexity index is 741. The number of ether oxygens (including phenoxy) is 1. The molecule has 0 saturated carbocycles. The van der Waals surface area contributed by atoms with Crippen LogP contribution >= 0.6 is 11.6 Å². The Morgan fingerprint density at radius 2 is 1.83 bits per heavy atom. The Hall–Kier alpha value is -2.33. The molecule has 24 heavy (non-hydrogen) atoms. The zero-order valence-electron chi connectivity index (χ0n) is 13.9. The zero-order chi connectivity index (χ0) is 17.7. The number of anilines is 1. The SMILES string of the molecule is CCc1cc(OC(C)C(=O)Nc2ccc(C(C)=O)cc2)ccc1Cl. The molecule has 5 heteroatoms. The zero-order valence-corrected chi connectivity index (χ0v) is 14.7. The van der Waals surface area contributed by atoms with Gasteiger partial charge in [-0.1, -0.05) is 18.5 Å². The molecule has 4 nitrogen and oxygen atoms in total. The number of ketones is 1. The van der Waals surface area contributed by atoms with E-state index in [1.807, 2.05) is 13.0 Å². The number of carbonyl (C=O) groups excluding carboxylic acids is 2. The predicted octanol–water partition coefficient (Wildman–Crippen LogP) is 4.51. The van der Waals surface area contributed by atoms with Crippen LogP contribution in [0.1, 0.15) is 36.7 Å². The van der Waals surface area contributed by atoms with Crippen molar-refractivity contribution in [2.24, 2.45) is 0 Å². The molecule has 2 rings (SSSR count). The largest absolute Gasteiger partial charge is 0.481 e. The lowest BCUT2D eigenvalue weighted by Gasteiger charge is -2.16. The Morgan fingerprint density at radius 1 is 1.17 bits per heavy atom. The number of nitrogens with one attached hydrogen (secondary N) is 1. The molecule has 0 aromatic heterocycles. The van der Waals surface area contributed by atoms with E-state index in [-0.39, 0.29) is 11.7 Å². The minimum atomic E-state index is -0.664. The minimum Gasteiger partial charge on any atom is -0.481 e. The number of hydrogen-bond acceptors (Lipinski definition) is 3. The van der Waals surface area contributed by atoms with Crippen LogP contribution in [-0.2, 0) is 11.2 Å². The lowest BCUT2D eigenvalue weighted by molar-refractivity contribution is -0.122. The number of hydrogen-bond donors (Lipinski definition) is 1. The smallest absolute Gasteiger partial charge is 0.265 e. The summed E-state index contributed by atoms with van der Waals surface area (Å²) in [5, 5.41) is 3.45. The molecule has 0 heterocycles. The van der Waals surface area contributed by atoms with Gasteiger partial charge in [-0.15, -0.1) is 0 Å². The van der Waals surface area contributed by atoms with Crippen LogP contribution in [0.4, 0.5) is 5.69 Å². The molecule has 0 radical (unpaired) electrons. The fourth-order valence-electron chi connectivity index (χ4n) is 2.19. The molecule has 0 bridgehead atoms. The molecule has 1 unspecified atom stereocenters. The van der Waals surface area contributed by atoms with E-state index < -0.39 is 6.10 Å². The average Bonchev–Trinajstić information content (AvgIpc) is 2.57. The lowest BCUT2D eigenvalue weighted by atomic mass is 10.1. The van der Waals surface area contributed by atoms with E-state index in [0.29, 0.717) is 22.0 Å². The number of rotatable bonds is 6. The molecule has 1 amide bonds. The number of amides is 1. The fraction of sp³-hybridized carbons (Fsp3) is 0.263. The van der Waals surface area contributed by atoms with Crippen LogP contribution < -0.4 is 10.1 Å². The molecule has 0 saturated heterocycles. The van der Waals surface area contributed by atoms with Crippen LogP contribution in [0.5, 0.6) is 5.75 Å². The first kappa shape index (κ1) is 18.0. The van der Waals surface area contributed by atoms with Crippen molar-refractivity contribution in [2.45, 2.75) is 33.3 Å². The van der Waals surface area contributed by atoms with E-state index in [2.05, 4.69) is 5.32 Å². The van der Waals surface area contributed by atoms with Crippen LogP contribution in [0, 0.1) is 0 Å². The molecule has 126 valence electrons. The van der Waals surface area contributed by atoms with E-state index in [1.54, 1.807) is 43.3 Å². The number of carbonyl (C=O) groups is 2. The maximum absolute atomic E-state index is 12.2. The van der Waals surface area contributed by atoms with E-state index in [1.165, 1.54) is 6.92 Å². The van der Waals surface area contributed by atoms with Gasteiger partial charge in [-0.25, -0.2) is 0 Å². The molecule has 2 aromatic carbocycles. The molecular weight excluding hydrogens is 326 g/mol. The molecule has 0 spiro atoms. The van der Waals surface area contributed by atoms with Gasteiger partial charge in [0.2, 0.25) is 0 Å². The van der Waals surface area contributed by atoms with E-state index in [9.17, 15) is 9.59 Å². The van der Waals surface area contributed by atoms with Gasteiger partial charge in [0.25, 0.3) is 5.91 Å². The molecule has 0 aliphatic heterocycles. The molecule has 0 fully saturated rings. The summed E-state index contributed by atoms with van der Waals surface area (Å²) < 4.78 is 5.68. The Labute approximate surface area is 146 Å². The van der Waals surface area contributed by atoms with Crippen LogP contribution in [0.2, 0.25) is 5.02 Å². The Balaban J connectivity index is 2.00. The predicted molar refractivity (Wildman–Crippen MR) is 96.0 cm³/mol. The third-order valence-corrected chi connectivity index (χ3v) is 4.01. The summed E-state index contributed by atoms with van der Waals surface area (Å²) in [5.41, 5.74) is 2.19. The average molecular weight is 346 g/mol. The lowest BCUT2D eigenvalue weighted by Crippen LogP contribution is -2.30. The van der Waals surface area contributed by atoms with Crippen LogP contribution in [0.3, 0.4) is 0 Å². The molecular formula is C19H20ClNO3. The van der Waals surface area contributed by atoms with E-state index >= 15 is 0 Å². The number of Topliss-reactive ketones (excluding diaryl/α,β-unsaturated/α-hetero) is 1. The summed E-state index contributed by atoms with van der Waals surface area (Å²) in [4.78, 5) is 23.5. The highest BCUT2D eigenvalue weighted by atomic mass is 35.5. The van der Waals surface area contributed by atoms with Gasteiger partial charge in [-0.05, 0) is 68.3 Å². The summed E-state index contributed by atoms with van der Waals surface area (Å²) in [7, 11) is 0. The summed E-state index contributed by atoms with van der Waals surface area (Å²) in [6.07, 6.45) is 0.127. The van der Waals surface area contributed by atoms with Crippen molar-refractivity contribution in [1.29, 1.82) is 0 Å². The van der Waals surface area contributed by atoms with Gasteiger partial charge in [0.15, 0.2) is 11.9 Å². The Morgan fingerprint density at radius 3 is 2.42 bits per heavy atom. The maximum Gasteiger partial charge on any atom is 0.265 e. The first-order chi connectivity index (χ1) is 11.4. The van der Waals surface area contributed by atoms with E-state index in [0.717, 1.165) is 12.0 Å². The van der Waals surface area contributed by atoms with Gasteiger partial charge in [-0.2, -0.15) is 0 Å². The van der Waals surface area contributed by atoms with Gasteiger partial charge in [0.05, 0.1) is 0 Å². The van der Waals surface area contributed by atoms with E-state index in [4.69, 9.17) is 16.3 Å². The van der Waals surface area contributed by atoms with Gasteiger partial charge in [0.1, 0.15) is 5.75 Å². The third kappa shape index (κ3) is 4.59. The van der Waals surface area contributed by atoms with Gasteiger partial charge >= 0.3 is 0 Å². The fourth-order valence-corrected chi connectivity index (χ4v) is 2.44. The topological polar surface area (TPSA) is 55.4 Å². The number of benzene rings is 2. The monoisotopic (exact) mass is 345 g/mol. The normalized spacial score (nSPS) is 11.7. The van der Waals surface area contributed by atoms with Crippen molar-refractivity contribution >= 4 is 29.0 Å². The van der Waals surface area contributed by atoms with Crippen LogP contribution in [0.25, 0.3) is 0 Å². The second-order valence-electron chi connectivity index (χ2n) is 5.49. The van der Waals surface area contributed by atoms with Gasteiger partial charge in [0, 0.05) is 16.3 Å². The van der Waals surface area contributed by atoms with Crippen LogP contribution in [-0.4, -0.2) is 17.8 Å². The van der Waals surface area contributed by atoms with Crippen molar-refractivity contribution in [3.05, 3.63) is 58.6 Å². The van der Waals surface area contributed by atoms with Gasteiger partial charge in [-0.3, -0.25) is 9.59 Å². The first-order valence-corrected chi connectivity index (χ1v) is 8.15. The van der Waals surface area contributed by atoms with Gasteiger partial charge < -0.3 is 10.1 Å². The van der Waals surface area contributed by atoms with Crippen molar-refractivity contribution < 1.29 is 14.3 Å². The third-order valence-electron chi connectivity index (χ3n) is 3.64. The Kier molecular flexibility index (Phi) is 5.99. The molecule has 0 aliphatic rings. The van der Waals surface area contributed by atoms with Crippen molar-refractivity contribution in [1.82, 2.24) is 0 Å². The quantitative estimate of drug-likeness (QED) is 0.783. The second kappa shape index (κ2) is 7.97. The summed E-state index contributed by atoms with van der Waals surface area (Å²) in [6, 6.07) is 12.1. The van der Waals surface area contributed by atoms with Crippen molar-refractivity contribution in [2.75, 3.05) is 5.32 Å². The maximum atomic E-state index is 12.2. The highest BCUT2D eigenvalue weighted by Crippen LogP contribution is 2.23. The second-order valence-corrected chi connectivity index (χ2v) is 5.90. The summed E-state index contributed by atoms with van der Waals surface area (Å²) in [6.45, 7) is 5.19. The molecule has 2 aromatic rings. The van der Waals surface area contributed by atoms with Crippen molar-refractivity contribution in [3.63, 3.8) is 0 Å². The highest BCUT2D eigenvalue weighted by molar-refractivity contribution is 6.31. The highest BCUT2D eigenvalue weighted by Gasteiger charge is 2.15. The van der Waals surface area contributed by atoms with Crippen molar-refractivity contribution in [3.8, 4) is 5.75 Å².